The van der Waals surface area contributed by atoms with Crippen LogP contribution in [0.5, 0.6) is 0 Å². The summed E-state index contributed by atoms with van der Waals surface area (Å²) in [6.07, 6.45) is 7.88. The third-order valence-corrected chi connectivity index (χ3v) is 3.18. The van der Waals surface area contributed by atoms with Crippen molar-refractivity contribution in [3.05, 3.63) is 11.8 Å². The maximum Gasteiger partial charge on any atom is 0.0303 e. The van der Waals surface area contributed by atoms with E-state index in [1.807, 2.05) is 0 Å². The van der Waals surface area contributed by atoms with Gasteiger partial charge in [-0.25, -0.2) is 0 Å². The van der Waals surface area contributed by atoms with Crippen LogP contribution in [0, 0.1) is 0 Å². The summed E-state index contributed by atoms with van der Waals surface area (Å²) in [4.78, 5) is 5.00. The van der Waals surface area contributed by atoms with E-state index in [1.54, 1.807) is 5.70 Å². The third-order valence-electron chi connectivity index (χ3n) is 3.18. The topological polar surface area (TPSA) is 6.48 Å². The van der Waals surface area contributed by atoms with Gasteiger partial charge in [-0.3, -0.25) is 0 Å². The minimum Gasteiger partial charge on any atom is -0.373 e. The summed E-state index contributed by atoms with van der Waals surface area (Å²) in [5, 5.41) is 0. The maximum atomic E-state index is 2.58. The molecule has 1 aliphatic heterocycles. The lowest BCUT2D eigenvalue weighted by molar-refractivity contribution is 0.180. The first-order chi connectivity index (χ1) is 6.36. The average Bonchev–Trinajstić information content (AvgIpc) is 2.20. The Morgan fingerprint density at radius 2 is 1.85 bits per heavy atom. The summed E-state index contributed by atoms with van der Waals surface area (Å²) in [5.41, 5.74) is 1.62. The molecule has 2 rings (SSSR count). The summed E-state index contributed by atoms with van der Waals surface area (Å²) in [7, 11) is 2.21. The predicted octanol–water partition coefficient (Wildman–Crippen LogP) is 1.69. The lowest BCUT2D eigenvalue weighted by Crippen LogP contribution is -2.44. The molecule has 1 fully saturated rings. The van der Waals surface area contributed by atoms with Gasteiger partial charge in [0.05, 0.1) is 0 Å². The van der Waals surface area contributed by atoms with Crippen molar-refractivity contribution in [3.8, 4) is 0 Å². The largest absolute Gasteiger partial charge is 0.373 e. The Kier molecular flexibility index (Phi) is 2.89. The number of hydrogen-bond acceptors (Lipinski definition) is 2. The number of allylic oxidation sites excluding steroid dienone is 2. The molecule has 0 N–H and O–H groups in total. The lowest BCUT2D eigenvalue weighted by atomic mass is 10.0. The first kappa shape index (κ1) is 9.07. The Labute approximate surface area is 81.2 Å². The highest BCUT2D eigenvalue weighted by molar-refractivity contribution is 5.05. The second-order valence-electron chi connectivity index (χ2n) is 4.23. The molecule has 0 unspecified atom stereocenters. The molecule has 0 aromatic carbocycles. The average molecular weight is 180 g/mol. The lowest BCUT2D eigenvalue weighted by Gasteiger charge is -2.36. The van der Waals surface area contributed by atoms with Gasteiger partial charge in [0.2, 0.25) is 0 Å². The van der Waals surface area contributed by atoms with E-state index in [1.165, 1.54) is 51.9 Å². The van der Waals surface area contributed by atoms with Gasteiger partial charge in [-0.1, -0.05) is 6.08 Å². The smallest absolute Gasteiger partial charge is 0.0303 e. The standard InChI is InChI=1S/C11H20N2/c1-12-7-9-13(10-8-12)11-5-3-2-4-6-11/h5H,2-4,6-10H2,1H3. The molecule has 0 amide bonds. The van der Waals surface area contributed by atoms with Crippen molar-refractivity contribution in [2.24, 2.45) is 0 Å². The van der Waals surface area contributed by atoms with Gasteiger partial charge in [0.25, 0.3) is 0 Å². The van der Waals surface area contributed by atoms with Gasteiger partial charge in [0.1, 0.15) is 0 Å². The molecule has 0 spiro atoms. The Hall–Kier alpha value is -0.500. The molecule has 1 saturated heterocycles. The highest BCUT2D eigenvalue weighted by atomic mass is 15.2. The first-order valence-corrected chi connectivity index (χ1v) is 5.49. The zero-order valence-electron chi connectivity index (χ0n) is 8.63. The number of nitrogens with zero attached hydrogens (tertiary/aromatic N) is 2. The monoisotopic (exact) mass is 180 g/mol. The van der Waals surface area contributed by atoms with Crippen molar-refractivity contribution < 1.29 is 0 Å². The molecule has 0 atom stereocenters. The molecular weight excluding hydrogens is 160 g/mol. The zero-order valence-corrected chi connectivity index (χ0v) is 8.63. The van der Waals surface area contributed by atoms with Crippen molar-refractivity contribution in [3.63, 3.8) is 0 Å². The van der Waals surface area contributed by atoms with Crippen molar-refractivity contribution in [1.82, 2.24) is 9.80 Å². The highest BCUT2D eigenvalue weighted by Gasteiger charge is 2.16. The van der Waals surface area contributed by atoms with Gasteiger partial charge in [0.15, 0.2) is 0 Å². The number of likely N-dealkylation sites (N-methyl/N-ethyl adjacent to an activating group) is 1. The van der Waals surface area contributed by atoms with Crippen LogP contribution in [0.2, 0.25) is 0 Å². The molecule has 0 aromatic rings. The van der Waals surface area contributed by atoms with E-state index >= 15 is 0 Å². The minimum atomic E-state index is 1.23. The fourth-order valence-corrected chi connectivity index (χ4v) is 2.20. The summed E-state index contributed by atoms with van der Waals surface area (Å²) in [6.45, 7) is 4.94. The highest BCUT2D eigenvalue weighted by Crippen LogP contribution is 2.21. The second kappa shape index (κ2) is 4.14. The number of hydrogen-bond donors (Lipinski definition) is 0. The normalized spacial score (nSPS) is 25.9. The van der Waals surface area contributed by atoms with E-state index in [2.05, 4.69) is 22.9 Å². The summed E-state index contributed by atoms with van der Waals surface area (Å²) in [6, 6.07) is 0. The molecule has 0 aromatic heterocycles. The number of piperazine rings is 1. The molecule has 74 valence electrons. The fraction of sp³-hybridized carbons (Fsp3) is 0.818. The Bertz CT molecular complexity index is 190. The van der Waals surface area contributed by atoms with Crippen LogP contribution in [-0.4, -0.2) is 43.0 Å². The summed E-state index contributed by atoms with van der Waals surface area (Å²) >= 11 is 0. The van der Waals surface area contributed by atoms with Crippen molar-refractivity contribution >= 4 is 0 Å². The molecule has 0 radical (unpaired) electrons. The van der Waals surface area contributed by atoms with Gasteiger partial charge in [-0.05, 0) is 32.7 Å². The van der Waals surface area contributed by atoms with Gasteiger partial charge in [-0.15, -0.1) is 0 Å². The van der Waals surface area contributed by atoms with Gasteiger partial charge in [0, 0.05) is 31.9 Å². The van der Waals surface area contributed by atoms with E-state index < -0.39 is 0 Å². The SMILES string of the molecule is CN1CCN(C2=CCCCC2)CC1. The number of rotatable bonds is 1. The van der Waals surface area contributed by atoms with Crippen LogP contribution in [-0.2, 0) is 0 Å². The van der Waals surface area contributed by atoms with Crippen LogP contribution >= 0.6 is 0 Å². The molecule has 2 nitrogen and oxygen atoms in total. The summed E-state index contributed by atoms with van der Waals surface area (Å²) < 4.78 is 0. The van der Waals surface area contributed by atoms with Gasteiger partial charge >= 0.3 is 0 Å². The van der Waals surface area contributed by atoms with Gasteiger partial charge in [-0.2, -0.15) is 0 Å². The summed E-state index contributed by atoms with van der Waals surface area (Å²) in [5.74, 6) is 0. The van der Waals surface area contributed by atoms with E-state index in [0.29, 0.717) is 0 Å². The van der Waals surface area contributed by atoms with E-state index in [-0.39, 0.29) is 0 Å². The molecular formula is C11H20N2. The molecule has 2 aliphatic rings. The van der Waals surface area contributed by atoms with Gasteiger partial charge < -0.3 is 9.80 Å². The first-order valence-electron chi connectivity index (χ1n) is 5.49. The molecule has 1 aliphatic carbocycles. The zero-order chi connectivity index (χ0) is 9.10. The van der Waals surface area contributed by atoms with Crippen molar-refractivity contribution in [2.75, 3.05) is 33.2 Å². The van der Waals surface area contributed by atoms with E-state index in [0.717, 1.165) is 0 Å². The third kappa shape index (κ3) is 2.25. The van der Waals surface area contributed by atoms with Crippen LogP contribution in [0.3, 0.4) is 0 Å². The fourth-order valence-electron chi connectivity index (χ4n) is 2.20. The Morgan fingerprint density at radius 3 is 2.46 bits per heavy atom. The predicted molar refractivity (Wildman–Crippen MR) is 55.6 cm³/mol. The van der Waals surface area contributed by atoms with Crippen LogP contribution < -0.4 is 0 Å². The molecule has 0 bridgehead atoms. The van der Waals surface area contributed by atoms with Crippen LogP contribution in [0.15, 0.2) is 11.8 Å². The Balaban J connectivity index is 1.89. The van der Waals surface area contributed by atoms with Crippen LogP contribution in [0.25, 0.3) is 0 Å². The molecule has 13 heavy (non-hydrogen) atoms. The van der Waals surface area contributed by atoms with E-state index in [9.17, 15) is 0 Å². The van der Waals surface area contributed by atoms with Crippen molar-refractivity contribution in [2.45, 2.75) is 25.7 Å². The molecule has 2 heteroatoms. The maximum absolute atomic E-state index is 2.58. The Morgan fingerprint density at radius 1 is 1.08 bits per heavy atom. The molecule has 1 heterocycles. The second-order valence-corrected chi connectivity index (χ2v) is 4.23. The van der Waals surface area contributed by atoms with Crippen molar-refractivity contribution in [1.29, 1.82) is 0 Å². The van der Waals surface area contributed by atoms with E-state index in [4.69, 9.17) is 0 Å². The van der Waals surface area contributed by atoms with Crippen LogP contribution in [0.1, 0.15) is 25.7 Å². The quantitative estimate of drug-likeness (QED) is 0.606. The molecule has 0 saturated carbocycles. The van der Waals surface area contributed by atoms with Crippen LogP contribution in [0.4, 0.5) is 0 Å². The minimum absolute atomic E-state index is 1.23.